The average Bonchev–Trinajstić information content (AvgIpc) is 2.76. The van der Waals surface area contributed by atoms with E-state index in [0.717, 1.165) is 5.56 Å². The van der Waals surface area contributed by atoms with Crippen LogP contribution < -0.4 is 14.8 Å². The van der Waals surface area contributed by atoms with Crippen LogP contribution in [0.15, 0.2) is 41.3 Å². The summed E-state index contributed by atoms with van der Waals surface area (Å²) >= 11 is 11.9. The molecule has 0 radical (unpaired) electrons. The van der Waals surface area contributed by atoms with E-state index in [0.29, 0.717) is 25.4 Å². The summed E-state index contributed by atoms with van der Waals surface area (Å²) in [5.41, 5.74) is 1.03. The van der Waals surface area contributed by atoms with Gasteiger partial charge in [0.15, 0.2) is 0 Å². The molecule has 0 aliphatic carbocycles. The van der Waals surface area contributed by atoms with Crippen molar-refractivity contribution >= 4 is 38.9 Å². The third-order valence-corrected chi connectivity index (χ3v) is 5.57. The molecular weight excluding hydrogens is 359 g/mol. The van der Waals surface area contributed by atoms with E-state index < -0.39 is 10.0 Å². The van der Waals surface area contributed by atoms with Crippen molar-refractivity contribution in [2.45, 2.75) is 11.4 Å². The number of sulfonamides is 1. The molecular formula is C15H14Cl2N2O3S. The summed E-state index contributed by atoms with van der Waals surface area (Å²) in [6, 6.07) is 9.53. The summed E-state index contributed by atoms with van der Waals surface area (Å²) in [6.45, 7) is 1.82. The van der Waals surface area contributed by atoms with Crippen LogP contribution >= 0.6 is 23.2 Å². The molecule has 1 aliphatic heterocycles. The number of ether oxygens (including phenoxy) is 1. The van der Waals surface area contributed by atoms with E-state index in [1.807, 2.05) is 0 Å². The molecule has 0 bridgehead atoms. The Bertz CT molecular complexity index is 841. The third-order valence-electron chi connectivity index (χ3n) is 3.39. The highest BCUT2D eigenvalue weighted by atomic mass is 35.5. The highest BCUT2D eigenvalue weighted by molar-refractivity contribution is 7.92. The molecule has 0 amide bonds. The molecule has 0 aromatic heterocycles. The van der Waals surface area contributed by atoms with Gasteiger partial charge in [0.2, 0.25) is 0 Å². The van der Waals surface area contributed by atoms with E-state index in [-0.39, 0.29) is 20.6 Å². The predicted molar refractivity (Wildman–Crippen MR) is 90.9 cm³/mol. The van der Waals surface area contributed by atoms with Gasteiger partial charge in [-0.15, -0.1) is 0 Å². The van der Waals surface area contributed by atoms with Crippen LogP contribution in [0, 0.1) is 0 Å². The Balaban J connectivity index is 1.94. The zero-order valence-electron chi connectivity index (χ0n) is 12.0. The quantitative estimate of drug-likeness (QED) is 0.867. The minimum Gasteiger partial charge on any atom is -0.492 e. The molecule has 1 heterocycles. The van der Waals surface area contributed by atoms with Crippen molar-refractivity contribution in [2.24, 2.45) is 0 Å². The van der Waals surface area contributed by atoms with Crippen LogP contribution in [-0.4, -0.2) is 21.6 Å². The molecule has 3 rings (SSSR count). The molecule has 2 aromatic carbocycles. The second-order valence-electron chi connectivity index (χ2n) is 5.00. The van der Waals surface area contributed by atoms with Crippen molar-refractivity contribution in [3.63, 3.8) is 0 Å². The molecule has 2 aromatic rings. The number of halogens is 2. The number of hydrogen-bond acceptors (Lipinski definition) is 4. The SMILES string of the molecule is O=S(=O)(Nc1cccc(Cl)c1Cl)c1ccc2c(c1)CNCCO2. The molecule has 23 heavy (non-hydrogen) atoms. The van der Waals surface area contributed by atoms with E-state index in [2.05, 4.69) is 10.0 Å². The van der Waals surface area contributed by atoms with Crippen LogP contribution in [-0.2, 0) is 16.6 Å². The van der Waals surface area contributed by atoms with Gasteiger partial charge in [-0.1, -0.05) is 29.3 Å². The van der Waals surface area contributed by atoms with Gasteiger partial charge in [0, 0.05) is 18.7 Å². The maximum absolute atomic E-state index is 12.6. The van der Waals surface area contributed by atoms with E-state index in [1.165, 1.54) is 6.07 Å². The number of fused-ring (bicyclic) bond motifs is 1. The van der Waals surface area contributed by atoms with Crippen molar-refractivity contribution in [3.05, 3.63) is 52.0 Å². The van der Waals surface area contributed by atoms with E-state index >= 15 is 0 Å². The van der Waals surface area contributed by atoms with E-state index in [1.54, 1.807) is 30.3 Å². The molecule has 5 nitrogen and oxygen atoms in total. The molecule has 0 saturated carbocycles. The van der Waals surface area contributed by atoms with Gasteiger partial charge < -0.3 is 10.1 Å². The van der Waals surface area contributed by atoms with E-state index in [4.69, 9.17) is 27.9 Å². The van der Waals surface area contributed by atoms with Crippen molar-refractivity contribution in [2.75, 3.05) is 17.9 Å². The molecule has 1 aliphatic rings. The van der Waals surface area contributed by atoms with Gasteiger partial charge in [-0.2, -0.15) is 0 Å². The van der Waals surface area contributed by atoms with Crippen LogP contribution in [0.2, 0.25) is 10.0 Å². The normalized spacial score (nSPS) is 14.5. The first kappa shape index (κ1) is 16.4. The lowest BCUT2D eigenvalue weighted by molar-refractivity contribution is 0.325. The van der Waals surface area contributed by atoms with Crippen LogP contribution in [0.1, 0.15) is 5.56 Å². The first-order chi connectivity index (χ1) is 11.0. The monoisotopic (exact) mass is 372 g/mol. The lowest BCUT2D eigenvalue weighted by atomic mass is 10.2. The highest BCUT2D eigenvalue weighted by Gasteiger charge is 2.19. The fourth-order valence-electron chi connectivity index (χ4n) is 2.24. The Labute approximate surface area is 144 Å². The van der Waals surface area contributed by atoms with Crippen LogP contribution in [0.4, 0.5) is 5.69 Å². The Morgan fingerprint density at radius 1 is 1.17 bits per heavy atom. The fourth-order valence-corrected chi connectivity index (χ4v) is 3.77. The van der Waals surface area contributed by atoms with Gasteiger partial charge in [-0.05, 0) is 30.3 Å². The number of benzene rings is 2. The van der Waals surface area contributed by atoms with Crippen molar-refractivity contribution in [1.29, 1.82) is 0 Å². The minimum absolute atomic E-state index is 0.139. The topological polar surface area (TPSA) is 67.4 Å². The first-order valence-electron chi connectivity index (χ1n) is 6.91. The molecule has 0 fully saturated rings. The summed E-state index contributed by atoms with van der Waals surface area (Å²) in [6.07, 6.45) is 0. The average molecular weight is 373 g/mol. The zero-order chi connectivity index (χ0) is 16.4. The summed E-state index contributed by atoms with van der Waals surface area (Å²) < 4.78 is 33.1. The summed E-state index contributed by atoms with van der Waals surface area (Å²) in [7, 11) is -3.77. The van der Waals surface area contributed by atoms with Crippen LogP contribution in [0.25, 0.3) is 0 Å². The molecule has 8 heteroatoms. The Kier molecular flexibility index (Phi) is 4.68. The van der Waals surface area contributed by atoms with Crippen molar-refractivity contribution in [3.8, 4) is 5.75 Å². The second kappa shape index (κ2) is 6.57. The van der Waals surface area contributed by atoms with Gasteiger partial charge in [0.05, 0.1) is 20.6 Å². The third kappa shape index (κ3) is 3.55. The lowest BCUT2D eigenvalue weighted by Crippen LogP contribution is -2.16. The summed E-state index contributed by atoms with van der Waals surface area (Å²) in [5.74, 6) is 0.690. The standard InChI is InChI=1S/C15H14Cl2N2O3S/c16-12-2-1-3-13(15(12)17)19-23(20,21)11-4-5-14-10(8-11)9-18-6-7-22-14/h1-5,8,18-19H,6-7,9H2. The number of hydrogen-bond donors (Lipinski definition) is 2. The Morgan fingerprint density at radius 2 is 2.00 bits per heavy atom. The van der Waals surface area contributed by atoms with Crippen molar-refractivity contribution < 1.29 is 13.2 Å². The van der Waals surface area contributed by atoms with Gasteiger partial charge in [-0.25, -0.2) is 8.42 Å². The van der Waals surface area contributed by atoms with Crippen molar-refractivity contribution in [1.82, 2.24) is 5.32 Å². The van der Waals surface area contributed by atoms with Crippen LogP contribution in [0.3, 0.4) is 0 Å². The maximum Gasteiger partial charge on any atom is 0.261 e. The highest BCUT2D eigenvalue weighted by Crippen LogP contribution is 2.32. The summed E-state index contributed by atoms with van der Waals surface area (Å²) in [4.78, 5) is 0.139. The first-order valence-corrected chi connectivity index (χ1v) is 9.14. The number of anilines is 1. The second-order valence-corrected chi connectivity index (χ2v) is 7.47. The largest absolute Gasteiger partial charge is 0.492 e. The number of nitrogens with one attached hydrogen (secondary N) is 2. The lowest BCUT2D eigenvalue weighted by Gasteiger charge is -2.12. The molecule has 122 valence electrons. The van der Waals surface area contributed by atoms with Gasteiger partial charge >= 0.3 is 0 Å². The fraction of sp³-hybridized carbons (Fsp3) is 0.200. The zero-order valence-corrected chi connectivity index (χ0v) is 14.3. The number of rotatable bonds is 3. The van der Waals surface area contributed by atoms with Crippen LogP contribution in [0.5, 0.6) is 5.75 Å². The van der Waals surface area contributed by atoms with Gasteiger partial charge in [0.1, 0.15) is 12.4 Å². The smallest absolute Gasteiger partial charge is 0.261 e. The minimum atomic E-state index is -3.77. The Morgan fingerprint density at radius 3 is 2.83 bits per heavy atom. The predicted octanol–water partition coefficient (Wildman–Crippen LogP) is 3.28. The molecule has 0 saturated heterocycles. The van der Waals surface area contributed by atoms with E-state index in [9.17, 15) is 8.42 Å². The molecule has 0 atom stereocenters. The van der Waals surface area contributed by atoms with Gasteiger partial charge in [-0.3, -0.25) is 4.72 Å². The molecule has 0 unspecified atom stereocenters. The molecule has 2 N–H and O–H groups in total. The maximum atomic E-state index is 12.6. The molecule has 0 spiro atoms. The summed E-state index contributed by atoms with van der Waals surface area (Å²) in [5, 5.41) is 3.62. The Hall–Kier alpha value is -1.47. The van der Waals surface area contributed by atoms with Gasteiger partial charge in [0.25, 0.3) is 10.0 Å².